The third kappa shape index (κ3) is 8.22. The fourth-order valence-electron chi connectivity index (χ4n) is 2.95. The Morgan fingerprint density at radius 1 is 0.875 bits per heavy atom. The number of amides is 1. The summed E-state index contributed by atoms with van der Waals surface area (Å²) in [5.74, 6) is -0.718. The van der Waals surface area contributed by atoms with Crippen molar-refractivity contribution in [3.8, 4) is 11.5 Å². The first kappa shape index (κ1) is 24.6. The summed E-state index contributed by atoms with van der Waals surface area (Å²) in [4.78, 5) is 47.1. The summed E-state index contributed by atoms with van der Waals surface area (Å²) in [6, 6.07) is 13.0. The molecule has 0 fully saturated rings. The van der Waals surface area contributed by atoms with Crippen LogP contribution in [0.25, 0.3) is 0 Å². The van der Waals surface area contributed by atoms with Crippen molar-refractivity contribution in [1.82, 2.24) is 5.32 Å². The van der Waals surface area contributed by atoms with Gasteiger partial charge in [-0.05, 0) is 48.7 Å². The smallest absolute Gasteiger partial charge is 0.328 e. The number of carbonyl (C=O) groups excluding carboxylic acids is 4. The van der Waals surface area contributed by atoms with Gasteiger partial charge in [-0.25, -0.2) is 4.79 Å². The molecule has 0 spiro atoms. The Hall–Kier alpha value is -3.68. The van der Waals surface area contributed by atoms with E-state index in [4.69, 9.17) is 14.2 Å². The first-order valence-corrected chi connectivity index (χ1v) is 10.1. The Bertz CT molecular complexity index is 936. The van der Waals surface area contributed by atoms with Gasteiger partial charge in [0.1, 0.15) is 29.7 Å². The Kier molecular flexibility index (Phi) is 9.41. The van der Waals surface area contributed by atoms with E-state index in [1.54, 1.807) is 31.4 Å². The number of nitrogens with one attached hydrogen (secondary N) is 1. The van der Waals surface area contributed by atoms with Gasteiger partial charge in [-0.2, -0.15) is 0 Å². The monoisotopic (exact) mass is 441 g/mol. The fraction of sp³-hybridized carbons (Fsp3) is 0.333. The summed E-state index contributed by atoms with van der Waals surface area (Å²) >= 11 is 0. The van der Waals surface area contributed by atoms with E-state index in [0.717, 1.165) is 16.9 Å². The lowest BCUT2D eigenvalue weighted by Crippen LogP contribution is -2.43. The van der Waals surface area contributed by atoms with Gasteiger partial charge in [-0.3, -0.25) is 14.4 Å². The molecule has 0 saturated carbocycles. The quantitative estimate of drug-likeness (QED) is 0.324. The maximum Gasteiger partial charge on any atom is 0.328 e. The molecule has 0 saturated heterocycles. The molecule has 1 unspecified atom stereocenters. The lowest BCUT2D eigenvalue weighted by molar-refractivity contribution is -0.145. The fourth-order valence-corrected chi connectivity index (χ4v) is 2.95. The molecule has 0 bridgehead atoms. The number of ether oxygens (including phenoxy) is 3. The zero-order chi connectivity index (χ0) is 23.5. The maximum absolute atomic E-state index is 12.4. The molecule has 170 valence electrons. The summed E-state index contributed by atoms with van der Waals surface area (Å²) in [6.07, 6.45) is 0.645. The second kappa shape index (κ2) is 12.2. The van der Waals surface area contributed by atoms with Crippen LogP contribution in [0.2, 0.25) is 0 Å². The van der Waals surface area contributed by atoms with E-state index >= 15 is 0 Å². The van der Waals surface area contributed by atoms with Crippen LogP contribution >= 0.6 is 0 Å². The normalized spacial score (nSPS) is 11.2. The Morgan fingerprint density at radius 3 is 2.03 bits per heavy atom. The Balaban J connectivity index is 1.93. The third-order valence-corrected chi connectivity index (χ3v) is 4.61. The second-order valence-corrected chi connectivity index (χ2v) is 7.19. The lowest BCUT2D eigenvalue weighted by atomic mass is 10.0. The highest BCUT2D eigenvalue weighted by Gasteiger charge is 2.22. The van der Waals surface area contributed by atoms with Gasteiger partial charge < -0.3 is 19.5 Å². The topological polar surface area (TPSA) is 108 Å². The number of methoxy groups -OCH3 is 2. The van der Waals surface area contributed by atoms with Gasteiger partial charge in [-0.1, -0.05) is 24.3 Å². The minimum atomic E-state index is -0.852. The number of hydrogen-bond acceptors (Lipinski definition) is 7. The highest BCUT2D eigenvalue weighted by molar-refractivity contribution is 5.94. The van der Waals surface area contributed by atoms with Crippen molar-refractivity contribution in [2.75, 3.05) is 14.2 Å². The zero-order valence-corrected chi connectivity index (χ0v) is 18.4. The van der Waals surface area contributed by atoms with Crippen molar-refractivity contribution < 1.29 is 33.4 Å². The summed E-state index contributed by atoms with van der Waals surface area (Å²) in [5, 5.41) is 2.72. The van der Waals surface area contributed by atoms with Gasteiger partial charge in [0.15, 0.2) is 0 Å². The minimum Gasteiger partial charge on any atom is -0.497 e. The second-order valence-electron chi connectivity index (χ2n) is 7.19. The largest absolute Gasteiger partial charge is 0.497 e. The van der Waals surface area contributed by atoms with Crippen LogP contribution in [-0.2, 0) is 36.8 Å². The van der Waals surface area contributed by atoms with Gasteiger partial charge in [0.25, 0.3) is 0 Å². The van der Waals surface area contributed by atoms with Crippen LogP contribution in [-0.4, -0.2) is 43.9 Å². The minimum absolute atomic E-state index is 0.211. The molecule has 1 atom stereocenters. The van der Waals surface area contributed by atoms with E-state index in [1.807, 2.05) is 24.3 Å². The molecule has 2 rings (SSSR count). The molecule has 2 aromatic carbocycles. The van der Waals surface area contributed by atoms with Crippen molar-refractivity contribution in [1.29, 1.82) is 0 Å². The molecule has 0 aromatic heterocycles. The SMILES string of the molecule is COC(=O)C(Cc1ccc(OC(=O)CC(C)=O)cc1)NC(=O)CCc1ccc(OC)cc1. The lowest BCUT2D eigenvalue weighted by Gasteiger charge is -2.17. The zero-order valence-electron chi connectivity index (χ0n) is 18.4. The van der Waals surface area contributed by atoms with Crippen molar-refractivity contribution in [3.63, 3.8) is 0 Å². The predicted molar refractivity (Wildman–Crippen MR) is 116 cm³/mol. The van der Waals surface area contributed by atoms with Gasteiger partial charge in [-0.15, -0.1) is 0 Å². The van der Waals surface area contributed by atoms with Crippen LogP contribution in [0.3, 0.4) is 0 Å². The maximum atomic E-state index is 12.4. The van der Waals surface area contributed by atoms with E-state index in [-0.39, 0.29) is 36.7 Å². The predicted octanol–water partition coefficient (Wildman–Crippen LogP) is 2.41. The first-order chi connectivity index (χ1) is 15.3. The van der Waals surface area contributed by atoms with Crippen molar-refractivity contribution in [2.24, 2.45) is 0 Å². The Morgan fingerprint density at radius 2 is 1.47 bits per heavy atom. The Labute approximate surface area is 186 Å². The summed E-state index contributed by atoms with van der Waals surface area (Å²) in [5.41, 5.74) is 1.72. The number of rotatable bonds is 11. The highest BCUT2D eigenvalue weighted by atomic mass is 16.5. The van der Waals surface area contributed by atoms with Gasteiger partial charge >= 0.3 is 11.9 Å². The third-order valence-electron chi connectivity index (χ3n) is 4.61. The van der Waals surface area contributed by atoms with E-state index in [0.29, 0.717) is 6.42 Å². The molecular formula is C24H27NO7. The molecule has 0 radical (unpaired) electrons. The van der Waals surface area contributed by atoms with E-state index in [1.165, 1.54) is 14.0 Å². The van der Waals surface area contributed by atoms with Gasteiger partial charge in [0, 0.05) is 12.8 Å². The standard InChI is InChI=1S/C24H27NO7/c1-16(26)14-23(28)32-20-11-6-18(7-12-20)15-21(24(29)31-3)25-22(27)13-8-17-4-9-19(30-2)10-5-17/h4-7,9-12,21H,8,13-15H2,1-3H3,(H,25,27). The number of esters is 2. The van der Waals surface area contributed by atoms with Crippen LogP contribution in [0.4, 0.5) is 0 Å². The number of carbonyl (C=O) groups is 4. The number of ketones is 1. The van der Waals surface area contributed by atoms with Crippen LogP contribution in [0.1, 0.15) is 30.9 Å². The molecule has 1 amide bonds. The van der Waals surface area contributed by atoms with Crippen molar-refractivity contribution in [3.05, 3.63) is 59.7 Å². The molecular weight excluding hydrogens is 414 g/mol. The van der Waals surface area contributed by atoms with Gasteiger partial charge in [0.05, 0.1) is 14.2 Å². The van der Waals surface area contributed by atoms with Gasteiger partial charge in [0.2, 0.25) is 5.91 Å². The summed E-state index contributed by atoms with van der Waals surface area (Å²) in [7, 11) is 2.85. The molecule has 1 N–H and O–H groups in total. The average molecular weight is 441 g/mol. The van der Waals surface area contributed by atoms with Crippen LogP contribution in [0.5, 0.6) is 11.5 Å². The number of Topliss-reactive ketones (excluding diaryl/α,β-unsaturated/α-hetero) is 1. The van der Waals surface area contributed by atoms with E-state index in [2.05, 4.69) is 5.32 Å². The molecule has 8 heteroatoms. The number of benzene rings is 2. The van der Waals surface area contributed by atoms with Crippen LogP contribution in [0.15, 0.2) is 48.5 Å². The number of hydrogen-bond donors (Lipinski definition) is 1. The average Bonchev–Trinajstić information content (AvgIpc) is 2.77. The highest BCUT2D eigenvalue weighted by Crippen LogP contribution is 2.15. The molecule has 8 nitrogen and oxygen atoms in total. The molecule has 0 aliphatic carbocycles. The van der Waals surface area contributed by atoms with E-state index < -0.39 is 18.0 Å². The van der Waals surface area contributed by atoms with E-state index in [9.17, 15) is 19.2 Å². The van der Waals surface area contributed by atoms with Crippen LogP contribution < -0.4 is 14.8 Å². The summed E-state index contributed by atoms with van der Waals surface area (Å²) < 4.78 is 15.0. The van der Waals surface area contributed by atoms with Crippen molar-refractivity contribution >= 4 is 23.6 Å². The summed E-state index contributed by atoms with van der Waals surface area (Å²) in [6.45, 7) is 1.31. The molecule has 2 aromatic rings. The molecule has 32 heavy (non-hydrogen) atoms. The van der Waals surface area contributed by atoms with Crippen molar-refractivity contribution in [2.45, 2.75) is 38.6 Å². The molecule has 0 heterocycles. The number of aryl methyl sites for hydroxylation is 1. The first-order valence-electron chi connectivity index (χ1n) is 10.1. The van der Waals surface area contributed by atoms with Crippen LogP contribution in [0, 0.1) is 0 Å². The molecule has 0 aliphatic heterocycles. The molecule has 0 aliphatic rings.